The maximum Gasteiger partial charge on any atom is 0.491 e. The largest absolute Gasteiger partial charge is 0.491 e. The van der Waals surface area contributed by atoms with Crippen LogP contribution in [0.15, 0.2) is 16.8 Å². The van der Waals surface area contributed by atoms with Crippen molar-refractivity contribution in [1.82, 2.24) is 9.97 Å². The van der Waals surface area contributed by atoms with Gasteiger partial charge in [0.15, 0.2) is 10.3 Å². The van der Waals surface area contributed by atoms with Crippen molar-refractivity contribution in [3.05, 3.63) is 22.4 Å². The number of hydrogen-bond acceptors (Lipinski definition) is 7. The van der Waals surface area contributed by atoms with Crippen molar-refractivity contribution in [1.29, 1.82) is 0 Å². The van der Waals surface area contributed by atoms with E-state index in [4.69, 9.17) is 20.9 Å². The first-order valence-corrected chi connectivity index (χ1v) is 10.4. The summed E-state index contributed by atoms with van der Waals surface area (Å²) in [5.41, 5.74) is 0.580. The van der Waals surface area contributed by atoms with Gasteiger partial charge in [-0.15, -0.1) is 0 Å². The average molecular weight is 401 g/mol. The molecule has 0 bridgehead atoms. The first kappa shape index (κ1) is 20.8. The lowest BCUT2D eigenvalue weighted by molar-refractivity contribution is -0.109. The van der Waals surface area contributed by atoms with Gasteiger partial charge in [0.2, 0.25) is 0 Å². The Hall–Kier alpha value is -0.535. The van der Waals surface area contributed by atoms with Gasteiger partial charge >= 0.3 is 7.12 Å². The Labute approximate surface area is 162 Å². The second kappa shape index (κ2) is 8.00. The van der Waals surface area contributed by atoms with Gasteiger partial charge in [-0.25, -0.2) is 9.97 Å². The Morgan fingerprint density at radius 3 is 2.40 bits per heavy atom. The van der Waals surface area contributed by atoms with Gasteiger partial charge in [-0.2, -0.15) is 0 Å². The molecule has 2 heterocycles. The zero-order chi connectivity index (χ0) is 18.8. The SMILES string of the molecule is CSc1ncc(C=C(CSC(C)=O)B2OC(C)(C)C(C)(C)O2)c(Cl)n1. The summed E-state index contributed by atoms with van der Waals surface area (Å²) in [6.07, 6.45) is 5.41. The third kappa shape index (κ3) is 5.01. The molecule has 136 valence electrons. The third-order valence-electron chi connectivity index (χ3n) is 4.27. The minimum absolute atomic E-state index is 0.0301. The Morgan fingerprint density at radius 1 is 1.32 bits per heavy atom. The summed E-state index contributed by atoms with van der Waals surface area (Å²) in [4.78, 5) is 19.9. The summed E-state index contributed by atoms with van der Waals surface area (Å²) >= 11 is 8.90. The Kier molecular flexibility index (Phi) is 6.65. The topological polar surface area (TPSA) is 61.3 Å². The monoisotopic (exact) mass is 400 g/mol. The van der Waals surface area contributed by atoms with E-state index in [1.165, 1.54) is 30.4 Å². The van der Waals surface area contributed by atoms with Crippen molar-refractivity contribution in [3.63, 3.8) is 0 Å². The van der Waals surface area contributed by atoms with Crippen LogP contribution in [0.25, 0.3) is 6.08 Å². The van der Waals surface area contributed by atoms with Crippen LogP contribution in [0.4, 0.5) is 0 Å². The molecular weight excluding hydrogens is 379 g/mol. The predicted octanol–water partition coefficient (Wildman–Crippen LogP) is 4.15. The van der Waals surface area contributed by atoms with Crippen molar-refractivity contribution < 1.29 is 14.1 Å². The van der Waals surface area contributed by atoms with Crippen molar-refractivity contribution in [2.24, 2.45) is 0 Å². The molecule has 1 aliphatic rings. The molecule has 9 heteroatoms. The second-order valence-corrected chi connectivity index (χ2v) is 8.97. The van der Waals surface area contributed by atoms with Gasteiger partial charge in [0.25, 0.3) is 0 Å². The quantitative estimate of drug-likeness (QED) is 0.318. The van der Waals surface area contributed by atoms with Crippen LogP contribution in [-0.4, -0.2) is 45.4 Å². The number of carbonyl (C=O) groups excluding carboxylic acids is 1. The molecule has 0 unspecified atom stereocenters. The number of halogens is 1. The molecule has 2 rings (SSSR count). The van der Waals surface area contributed by atoms with Crippen LogP contribution in [0.1, 0.15) is 40.2 Å². The summed E-state index contributed by atoms with van der Waals surface area (Å²) < 4.78 is 12.2. The molecule has 0 spiro atoms. The van der Waals surface area contributed by atoms with Gasteiger partial charge < -0.3 is 9.31 Å². The molecule has 1 aromatic rings. The molecule has 1 aromatic heterocycles. The summed E-state index contributed by atoms with van der Waals surface area (Å²) in [5, 5.41) is 1.00. The van der Waals surface area contributed by atoms with Gasteiger partial charge in [-0.05, 0) is 39.4 Å². The zero-order valence-corrected chi connectivity index (χ0v) is 17.6. The molecule has 25 heavy (non-hydrogen) atoms. The fourth-order valence-corrected chi connectivity index (χ4v) is 3.27. The smallest absolute Gasteiger partial charge is 0.400 e. The summed E-state index contributed by atoms with van der Waals surface area (Å²) in [6, 6.07) is 0. The molecule has 1 aliphatic heterocycles. The lowest BCUT2D eigenvalue weighted by Crippen LogP contribution is -2.41. The average Bonchev–Trinajstić information content (AvgIpc) is 2.72. The highest BCUT2D eigenvalue weighted by Crippen LogP contribution is 2.39. The molecule has 1 fully saturated rings. The van der Waals surface area contributed by atoms with Gasteiger partial charge in [0.1, 0.15) is 5.15 Å². The first-order valence-electron chi connectivity index (χ1n) is 7.82. The molecule has 5 nitrogen and oxygen atoms in total. The number of carbonyl (C=O) groups is 1. The highest BCUT2D eigenvalue weighted by molar-refractivity contribution is 8.13. The second-order valence-electron chi connectivity index (χ2n) is 6.69. The van der Waals surface area contributed by atoms with E-state index in [1.807, 2.05) is 40.0 Å². The number of nitrogens with zero attached hydrogens (tertiary/aromatic N) is 2. The number of aromatic nitrogens is 2. The van der Waals surface area contributed by atoms with Crippen molar-refractivity contribution >= 4 is 53.4 Å². The van der Waals surface area contributed by atoms with Crippen LogP contribution < -0.4 is 0 Å². The molecule has 1 saturated heterocycles. The minimum atomic E-state index is -0.548. The van der Waals surface area contributed by atoms with Crippen LogP contribution in [0, 0.1) is 0 Å². The van der Waals surface area contributed by atoms with Crippen molar-refractivity contribution in [2.45, 2.75) is 51.0 Å². The predicted molar refractivity (Wildman–Crippen MR) is 106 cm³/mol. The third-order valence-corrected chi connectivity index (χ3v) is 6.02. The van der Waals surface area contributed by atoms with Crippen LogP contribution >= 0.6 is 35.1 Å². The lowest BCUT2D eigenvalue weighted by Gasteiger charge is -2.32. The molecule has 0 saturated carbocycles. The normalized spacial score (nSPS) is 19.3. The van der Waals surface area contributed by atoms with Gasteiger partial charge in [0.05, 0.1) is 11.2 Å². The highest BCUT2D eigenvalue weighted by Gasteiger charge is 2.52. The van der Waals surface area contributed by atoms with Crippen LogP contribution in [0.5, 0.6) is 0 Å². The maximum atomic E-state index is 11.4. The molecule has 0 N–H and O–H groups in total. The standard InChI is InChI=1S/C16H22BClN2O3S2/c1-10(21)25-9-12(17-22-15(2,3)16(4,5)23-17)7-11-8-19-14(24-6)20-13(11)18/h7-8H,9H2,1-6H3. The Bertz CT molecular complexity index is 682. The molecular formula is C16H22BClN2O3S2. The molecule has 0 amide bonds. The van der Waals surface area contributed by atoms with E-state index in [-0.39, 0.29) is 5.12 Å². The fourth-order valence-electron chi connectivity index (χ4n) is 2.11. The van der Waals surface area contributed by atoms with Gasteiger partial charge in [-0.1, -0.05) is 41.2 Å². The molecule has 0 radical (unpaired) electrons. The van der Waals surface area contributed by atoms with Crippen LogP contribution in [-0.2, 0) is 14.1 Å². The summed E-state index contributed by atoms with van der Waals surface area (Å²) in [6.45, 7) is 9.51. The summed E-state index contributed by atoms with van der Waals surface area (Å²) in [7, 11) is -0.548. The van der Waals surface area contributed by atoms with Gasteiger partial charge in [-0.3, -0.25) is 4.79 Å². The van der Waals surface area contributed by atoms with E-state index < -0.39 is 18.3 Å². The van der Waals surface area contributed by atoms with Crippen LogP contribution in [0.3, 0.4) is 0 Å². The van der Waals surface area contributed by atoms with Crippen molar-refractivity contribution in [3.8, 4) is 0 Å². The van der Waals surface area contributed by atoms with E-state index in [1.54, 1.807) is 6.20 Å². The fraction of sp³-hybridized carbons (Fsp3) is 0.562. The summed E-state index contributed by atoms with van der Waals surface area (Å²) in [5.74, 6) is 0.451. The molecule has 0 atom stereocenters. The maximum absolute atomic E-state index is 11.4. The number of hydrogen-bond donors (Lipinski definition) is 0. The van der Waals surface area contributed by atoms with Gasteiger partial charge in [0, 0.05) is 24.4 Å². The zero-order valence-electron chi connectivity index (χ0n) is 15.3. The number of rotatable bonds is 5. The van der Waals surface area contributed by atoms with E-state index in [0.29, 0.717) is 21.6 Å². The Morgan fingerprint density at radius 2 is 1.92 bits per heavy atom. The van der Waals surface area contributed by atoms with E-state index in [9.17, 15) is 4.79 Å². The highest BCUT2D eigenvalue weighted by atomic mass is 35.5. The van der Waals surface area contributed by atoms with E-state index >= 15 is 0 Å². The molecule has 0 aliphatic carbocycles. The first-order chi connectivity index (χ1) is 11.6. The Balaban J connectivity index is 2.35. The van der Waals surface area contributed by atoms with Crippen LogP contribution in [0.2, 0.25) is 5.15 Å². The minimum Gasteiger partial charge on any atom is -0.400 e. The lowest BCUT2D eigenvalue weighted by atomic mass is 9.78. The van der Waals surface area contributed by atoms with Crippen molar-refractivity contribution in [2.75, 3.05) is 12.0 Å². The van der Waals surface area contributed by atoms with E-state index in [0.717, 1.165) is 5.47 Å². The number of thioether (sulfide) groups is 2. The molecule has 0 aromatic carbocycles. The van der Waals surface area contributed by atoms with E-state index in [2.05, 4.69) is 9.97 Å².